The van der Waals surface area contributed by atoms with Crippen LogP contribution in [0.15, 0.2) is 24.3 Å². The fourth-order valence-electron chi connectivity index (χ4n) is 1.63. The van der Waals surface area contributed by atoms with Crippen LogP contribution in [0.3, 0.4) is 0 Å². The number of nitrogens with zero attached hydrogens (tertiary/aromatic N) is 1. The van der Waals surface area contributed by atoms with Gasteiger partial charge in [0, 0.05) is 5.56 Å². The Hall–Kier alpha value is -2.04. The van der Waals surface area contributed by atoms with Crippen LogP contribution in [-0.2, 0) is 4.74 Å². The predicted octanol–water partition coefficient (Wildman–Crippen LogP) is 1.33. The van der Waals surface area contributed by atoms with Crippen molar-refractivity contribution in [3.8, 4) is 5.75 Å². The van der Waals surface area contributed by atoms with Gasteiger partial charge in [0.1, 0.15) is 12.4 Å². The smallest absolute Gasteiger partial charge is 0.410 e. The molecule has 1 amide bonds. The van der Waals surface area contributed by atoms with Crippen LogP contribution in [-0.4, -0.2) is 43.6 Å². The molecule has 1 aliphatic heterocycles. The highest BCUT2D eigenvalue weighted by molar-refractivity contribution is 5.99. The van der Waals surface area contributed by atoms with Gasteiger partial charge in [-0.2, -0.15) is 0 Å². The molecule has 0 aliphatic carbocycles. The lowest BCUT2D eigenvalue weighted by atomic mass is 10.1. The van der Waals surface area contributed by atoms with Crippen molar-refractivity contribution < 1.29 is 19.1 Å². The molecule has 0 unspecified atom stereocenters. The number of amides is 1. The van der Waals surface area contributed by atoms with Gasteiger partial charge in [-0.1, -0.05) is 12.1 Å². The molecule has 1 fully saturated rings. The van der Waals surface area contributed by atoms with Crippen molar-refractivity contribution in [3.05, 3.63) is 29.8 Å². The minimum Gasteiger partial charge on any atom is -0.497 e. The van der Waals surface area contributed by atoms with E-state index in [2.05, 4.69) is 0 Å². The first-order valence-electron chi connectivity index (χ1n) is 5.29. The second-order valence-corrected chi connectivity index (χ2v) is 3.69. The zero-order valence-corrected chi connectivity index (χ0v) is 9.51. The number of hydrogen-bond donors (Lipinski definition) is 0. The second kappa shape index (κ2) is 4.86. The normalized spacial score (nSPS) is 14.6. The summed E-state index contributed by atoms with van der Waals surface area (Å²) < 4.78 is 9.80. The van der Waals surface area contributed by atoms with Crippen LogP contribution in [0.5, 0.6) is 5.75 Å². The van der Waals surface area contributed by atoms with E-state index in [1.807, 2.05) is 0 Å². The second-order valence-electron chi connectivity index (χ2n) is 3.69. The lowest BCUT2D eigenvalue weighted by Crippen LogP contribution is -2.30. The summed E-state index contributed by atoms with van der Waals surface area (Å²) in [5, 5.41) is 0. The number of ketones is 1. The lowest BCUT2D eigenvalue weighted by Gasteiger charge is -2.11. The SMILES string of the molecule is COc1cccc(C(=O)CN2CCOC2=O)c1. The molecule has 1 aromatic carbocycles. The van der Waals surface area contributed by atoms with Gasteiger partial charge in [-0.05, 0) is 12.1 Å². The van der Waals surface area contributed by atoms with Gasteiger partial charge in [0.25, 0.3) is 0 Å². The van der Waals surface area contributed by atoms with Gasteiger partial charge < -0.3 is 9.47 Å². The quantitative estimate of drug-likeness (QED) is 0.739. The predicted molar refractivity (Wildman–Crippen MR) is 60.2 cm³/mol. The third kappa shape index (κ3) is 2.55. The first-order chi connectivity index (χ1) is 8.20. The number of methoxy groups -OCH3 is 1. The fourth-order valence-corrected chi connectivity index (χ4v) is 1.63. The molecule has 90 valence electrons. The van der Waals surface area contributed by atoms with Crippen LogP contribution in [0.2, 0.25) is 0 Å². The summed E-state index contributed by atoms with van der Waals surface area (Å²) in [6.45, 7) is 0.866. The summed E-state index contributed by atoms with van der Waals surface area (Å²) in [6, 6.07) is 6.87. The van der Waals surface area contributed by atoms with Crippen LogP contribution >= 0.6 is 0 Å². The minimum atomic E-state index is -0.429. The molecule has 5 heteroatoms. The fraction of sp³-hybridized carbons (Fsp3) is 0.333. The number of rotatable bonds is 4. The molecule has 0 aromatic heterocycles. The molecule has 0 saturated carbocycles. The van der Waals surface area contributed by atoms with Gasteiger partial charge in [-0.3, -0.25) is 9.69 Å². The Morgan fingerprint density at radius 1 is 1.53 bits per heavy atom. The standard InChI is InChI=1S/C12H13NO4/c1-16-10-4-2-3-9(7-10)11(14)8-13-5-6-17-12(13)15/h2-4,7H,5-6,8H2,1H3. The number of carbonyl (C=O) groups is 2. The van der Waals surface area contributed by atoms with E-state index in [9.17, 15) is 9.59 Å². The summed E-state index contributed by atoms with van der Waals surface area (Å²) in [7, 11) is 1.54. The van der Waals surface area contributed by atoms with E-state index in [1.54, 1.807) is 31.4 Å². The molecule has 1 heterocycles. The number of benzene rings is 1. The number of Topliss-reactive ketones (excluding diaryl/α,β-unsaturated/α-hetero) is 1. The Balaban J connectivity index is 2.06. The summed E-state index contributed by atoms with van der Waals surface area (Å²) in [6.07, 6.45) is -0.429. The van der Waals surface area contributed by atoms with Gasteiger partial charge in [0.05, 0.1) is 20.2 Å². The largest absolute Gasteiger partial charge is 0.497 e. The highest BCUT2D eigenvalue weighted by atomic mass is 16.6. The molecule has 1 aliphatic rings. The van der Waals surface area contributed by atoms with Crippen LogP contribution in [0, 0.1) is 0 Å². The Labute approximate surface area is 98.9 Å². The average Bonchev–Trinajstić information content (AvgIpc) is 2.75. The van der Waals surface area contributed by atoms with Crippen LogP contribution in [0.1, 0.15) is 10.4 Å². The van der Waals surface area contributed by atoms with Crippen LogP contribution in [0.4, 0.5) is 4.79 Å². The van der Waals surface area contributed by atoms with E-state index in [0.29, 0.717) is 24.5 Å². The van der Waals surface area contributed by atoms with Crippen LogP contribution < -0.4 is 4.74 Å². The number of cyclic esters (lactones) is 1. The van der Waals surface area contributed by atoms with Crippen molar-refractivity contribution in [2.24, 2.45) is 0 Å². The summed E-state index contributed by atoms with van der Waals surface area (Å²) in [5.41, 5.74) is 0.532. The number of hydrogen-bond acceptors (Lipinski definition) is 4. The van der Waals surface area contributed by atoms with Crippen molar-refractivity contribution in [2.45, 2.75) is 0 Å². The maximum absolute atomic E-state index is 11.9. The molecule has 2 rings (SSSR count). The van der Waals surface area contributed by atoms with Gasteiger partial charge in [0.15, 0.2) is 5.78 Å². The zero-order chi connectivity index (χ0) is 12.3. The summed E-state index contributed by atoms with van der Waals surface area (Å²) in [4.78, 5) is 24.5. The van der Waals surface area contributed by atoms with Gasteiger partial charge in [0.2, 0.25) is 0 Å². The molecule has 1 aromatic rings. The van der Waals surface area contributed by atoms with E-state index in [4.69, 9.17) is 9.47 Å². The number of ether oxygens (including phenoxy) is 2. The van der Waals surface area contributed by atoms with Crippen molar-refractivity contribution in [2.75, 3.05) is 26.8 Å². The highest BCUT2D eigenvalue weighted by Gasteiger charge is 2.24. The Morgan fingerprint density at radius 2 is 2.35 bits per heavy atom. The highest BCUT2D eigenvalue weighted by Crippen LogP contribution is 2.14. The molecule has 0 radical (unpaired) electrons. The average molecular weight is 235 g/mol. The van der Waals surface area contributed by atoms with Crippen LogP contribution in [0.25, 0.3) is 0 Å². The lowest BCUT2D eigenvalue weighted by molar-refractivity contribution is 0.0943. The molecular weight excluding hydrogens is 222 g/mol. The first kappa shape index (κ1) is 11.4. The van der Waals surface area contributed by atoms with Gasteiger partial charge >= 0.3 is 6.09 Å². The summed E-state index contributed by atoms with van der Waals surface area (Å²) >= 11 is 0. The molecule has 1 saturated heterocycles. The van der Waals surface area contributed by atoms with Crippen molar-refractivity contribution >= 4 is 11.9 Å². The Kier molecular flexibility index (Phi) is 3.27. The van der Waals surface area contributed by atoms with Crippen molar-refractivity contribution in [1.82, 2.24) is 4.90 Å². The van der Waals surface area contributed by atoms with E-state index in [-0.39, 0.29) is 12.3 Å². The molecule has 17 heavy (non-hydrogen) atoms. The van der Waals surface area contributed by atoms with E-state index < -0.39 is 6.09 Å². The zero-order valence-electron chi connectivity index (χ0n) is 9.51. The van der Waals surface area contributed by atoms with E-state index in [1.165, 1.54) is 4.90 Å². The molecule has 5 nitrogen and oxygen atoms in total. The maximum atomic E-state index is 11.9. The van der Waals surface area contributed by atoms with Gasteiger partial charge in [-0.25, -0.2) is 4.79 Å². The molecule has 0 N–H and O–H groups in total. The monoisotopic (exact) mass is 235 g/mol. The third-order valence-electron chi connectivity index (χ3n) is 2.57. The van der Waals surface area contributed by atoms with Crippen molar-refractivity contribution in [1.29, 1.82) is 0 Å². The van der Waals surface area contributed by atoms with E-state index in [0.717, 1.165) is 0 Å². The Bertz CT molecular complexity index is 444. The molecule has 0 bridgehead atoms. The van der Waals surface area contributed by atoms with E-state index >= 15 is 0 Å². The topological polar surface area (TPSA) is 55.8 Å². The third-order valence-corrected chi connectivity index (χ3v) is 2.57. The maximum Gasteiger partial charge on any atom is 0.410 e. The number of carbonyl (C=O) groups excluding carboxylic acids is 2. The Morgan fingerprint density at radius 3 is 3.00 bits per heavy atom. The first-order valence-corrected chi connectivity index (χ1v) is 5.29. The summed E-state index contributed by atoms with van der Waals surface area (Å²) in [5.74, 6) is 0.502. The van der Waals surface area contributed by atoms with Crippen molar-refractivity contribution in [3.63, 3.8) is 0 Å². The van der Waals surface area contributed by atoms with Gasteiger partial charge in [-0.15, -0.1) is 0 Å². The molecular formula is C12H13NO4. The molecule has 0 atom stereocenters. The molecule has 0 spiro atoms. The minimum absolute atomic E-state index is 0.0476.